The molecule has 1 N–H and O–H groups in total. The second-order valence-electron chi connectivity index (χ2n) is 5.01. The molecule has 1 heterocycles. The van der Waals surface area contributed by atoms with Gasteiger partial charge >= 0.3 is 0 Å². The number of aryl methyl sites for hydroxylation is 1. The summed E-state index contributed by atoms with van der Waals surface area (Å²) in [5.74, 6) is 0.359. The van der Waals surface area contributed by atoms with Gasteiger partial charge in [0.05, 0.1) is 7.11 Å². The molecule has 2 rings (SSSR count). The molecule has 1 aromatic heterocycles. The second kappa shape index (κ2) is 8.15. The molecule has 1 aromatic carbocycles. The van der Waals surface area contributed by atoms with E-state index in [9.17, 15) is 4.39 Å². The number of nitrogens with one attached hydrogen (secondary N) is 1. The molecule has 0 aliphatic carbocycles. The maximum atomic E-state index is 14.3. The molecule has 1 unspecified atom stereocenters. The lowest BCUT2D eigenvalue weighted by atomic mass is 10.0. The quantitative estimate of drug-likeness (QED) is 0.771. The molecule has 0 saturated heterocycles. The van der Waals surface area contributed by atoms with Gasteiger partial charge in [0.15, 0.2) is 0 Å². The molecule has 114 valence electrons. The third-order valence-electron chi connectivity index (χ3n) is 3.48. The summed E-state index contributed by atoms with van der Waals surface area (Å²) in [5.41, 5.74) is 0.723. The van der Waals surface area contributed by atoms with Crippen molar-refractivity contribution in [3.63, 3.8) is 0 Å². The zero-order chi connectivity index (χ0) is 15.1. The van der Waals surface area contributed by atoms with Crippen molar-refractivity contribution < 1.29 is 9.13 Å². The van der Waals surface area contributed by atoms with Crippen LogP contribution in [0.1, 0.15) is 36.2 Å². The van der Waals surface area contributed by atoms with E-state index in [4.69, 9.17) is 4.74 Å². The summed E-state index contributed by atoms with van der Waals surface area (Å²) in [6.07, 6.45) is 2.89. The Labute approximate surface area is 130 Å². The van der Waals surface area contributed by atoms with Gasteiger partial charge in [-0.05, 0) is 43.3 Å². The number of hydrogen-bond acceptors (Lipinski definition) is 3. The number of hydrogen-bond donors (Lipinski definition) is 1. The summed E-state index contributed by atoms with van der Waals surface area (Å²) < 4.78 is 19.3. The van der Waals surface area contributed by atoms with Crippen LogP contribution in [-0.2, 0) is 6.42 Å². The average Bonchev–Trinajstić information content (AvgIpc) is 3.01. The summed E-state index contributed by atoms with van der Waals surface area (Å²) in [7, 11) is 1.55. The molecule has 0 bridgehead atoms. The van der Waals surface area contributed by atoms with Crippen LogP contribution in [0.15, 0.2) is 35.7 Å². The number of rotatable bonds is 8. The molecule has 2 aromatic rings. The Hall–Kier alpha value is -1.39. The van der Waals surface area contributed by atoms with E-state index in [0.717, 1.165) is 31.4 Å². The van der Waals surface area contributed by atoms with Crippen LogP contribution in [0.4, 0.5) is 4.39 Å². The van der Waals surface area contributed by atoms with Crippen molar-refractivity contribution in [1.29, 1.82) is 0 Å². The van der Waals surface area contributed by atoms with E-state index in [1.807, 2.05) is 12.1 Å². The normalized spacial score (nSPS) is 12.3. The Morgan fingerprint density at radius 2 is 2.19 bits per heavy atom. The van der Waals surface area contributed by atoms with E-state index in [1.54, 1.807) is 18.4 Å². The number of thiophene rings is 1. The molecule has 0 fully saturated rings. The lowest BCUT2D eigenvalue weighted by Gasteiger charge is -2.20. The minimum atomic E-state index is -0.200. The fourth-order valence-corrected chi connectivity index (χ4v) is 3.07. The molecule has 0 spiro atoms. The minimum Gasteiger partial charge on any atom is -0.497 e. The van der Waals surface area contributed by atoms with Crippen molar-refractivity contribution >= 4 is 11.3 Å². The standard InChI is InChI=1S/C17H22FNOS/c1-3-10-19-17(9-7-14-5-4-11-21-14)15-8-6-13(20-2)12-16(15)18/h4-6,8,11-12,17,19H,3,7,9-10H2,1-2H3. The van der Waals surface area contributed by atoms with Gasteiger partial charge < -0.3 is 10.1 Å². The topological polar surface area (TPSA) is 21.3 Å². The third-order valence-corrected chi connectivity index (χ3v) is 4.42. The van der Waals surface area contributed by atoms with Gasteiger partial charge in [-0.25, -0.2) is 4.39 Å². The largest absolute Gasteiger partial charge is 0.497 e. The summed E-state index contributed by atoms with van der Waals surface area (Å²) >= 11 is 1.75. The van der Waals surface area contributed by atoms with E-state index in [1.165, 1.54) is 10.9 Å². The fraction of sp³-hybridized carbons (Fsp3) is 0.412. The van der Waals surface area contributed by atoms with Crippen molar-refractivity contribution in [3.05, 3.63) is 52.0 Å². The van der Waals surface area contributed by atoms with Crippen molar-refractivity contribution in [2.75, 3.05) is 13.7 Å². The predicted molar refractivity (Wildman–Crippen MR) is 86.6 cm³/mol. The molecule has 21 heavy (non-hydrogen) atoms. The highest BCUT2D eigenvalue weighted by atomic mass is 32.1. The highest BCUT2D eigenvalue weighted by molar-refractivity contribution is 7.09. The lowest BCUT2D eigenvalue weighted by Crippen LogP contribution is -2.23. The fourth-order valence-electron chi connectivity index (χ4n) is 2.34. The van der Waals surface area contributed by atoms with Crippen LogP contribution >= 0.6 is 11.3 Å². The van der Waals surface area contributed by atoms with E-state index >= 15 is 0 Å². The second-order valence-corrected chi connectivity index (χ2v) is 6.04. The molecule has 4 heteroatoms. The van der Waals surface area contributed by atoms with Gasteiger partial charge in [-0.1, -0.05) is 19.1 Å². The van der Waals surface area contributed by atoms with Gasteiger partial charge in [-0.2, -0.15) is 0 Å². The van der Waals surface area contributed by atoms with Crippen LogP contribution < -0.4 is 10.1 Å². The highest BCUT2D eigenvalue weighted by Crippen LogP contribution is 2.26. The number of benzene rings is 1. The summed E-state index contributed by atoms with van der Waals surface area (Å²) in [6.45, 7) is 3.01. The van der Waals surface area contributed by atoms with Gasteiger partial charge in [-0.15, -0.1) is 11.3 Å². The van der Waals surface area contributed by atoms with Crippen LogP contribution in [-0.4, -0.2) is 13.7 Å². The lowest BCUT2D eigenvalue weighted by molar-refractivity contribution is 0.408. The van der Waals surface area contributed by atoms with Crippen LogP contribution in [0.3, 0.4) is 0 Å². The third kappa shape index (κ3) is 4.55. The first-order valence-corrected chi connectivity index (χ1v) is 8.21. The Morgan fingerprint density at radius 3 is 2.81 bits per heavy atom. The Kier molecular flexibility index (Phi) is 6.21. The maximum Gasteiger partial charge on any atom is 0.131 e. The van der Waals surface area contributed by atoms with Crippen LogP contribution in [0.5, 0.6) is 5.75 Å². The van der Waals surface area contributed by atoms with Crippen molar-refractivity contribution in [3.8, 4) is 5.75 Å². The smallest absolute Gasteiger partial charge is 0.131 e. The SMILES string of the molecule is CCCNC(CCc1cccs1)c1ccc(OC)cc1F. The molecule has 2 nitrogen and oxygen atoms in total. The van der Waals surface area contributed by atoms with Crippen LogP contribution in [0, 0.1) is 5.82 Å². The maximum absolute atomic E-state index is 14.3. The Balaban J connectivity index is 2.10. The van der Waals surface area contributed by atoms with Gasteiger partial charge in [0.1, 0.15) is 11.6 Å². The molecule has 0 aliphatic heterocycles. The molecular weight excluding hydrogens is 285 g/mol. The first-order valence-electron chi connectivity index (χ1n) is 7.33. The molecule has 0 amide bonds. The predicted octanol–water partition coefficient (Wildman–Crippen LogP) is 4.57. The van der Waals surface area contributed by atoms with E-state index < -0.39 is 0 Å². The van der Waals surface area contributed by atoms with Crippen molar-refractivity contribution in [2.45, 2.75) is 32.2 Å². The number of methoxy groups -OCH3 is 1. The molecular formula is C17H22FNOS. The van der Waals surface area contributed by atoms with Crippen LogP contribution in [0.2, 0.25) is 0 Å². The summed E-state index contributed by atoms with van der Waals surface area (Å²) in [5, 5.41) is 5.53. The monoisotopic (exact) mass is 307 g/mol. The first kappa shape index (κ1) is 16.0. The number of halogens is 1. The van der Waals surface area contributed by atoms with Gasteiger partial charge in [0.2, 0.25) is 0 Å². The zero-order valence-corrected chi connectivity index (χ0v) is 13.4. The summed E-state index contributed by atoms with van der Waals surface area (Å²) in [6, 6.07) is 9.34. The Bertz CT molecular complexity index is 542. The molecule has 0 radical (unpaired) electrons. The van der Waals surface area contributed by atoms with Crippen molar-refractivity contribution in [1.82, 2.24) is 5.32 Å². The summed E-state index contributed by atoms with van der Waals surface area (Å²) in [4.78, 5) is 1.34. The van der Waals surface area contributed by atoms with Crippen molar-refractivity contribution in [2.24, 2.45) is 0 Å². The highest BCUT2D eigenvalue weighted by Gasteiger charge is 2.16. The van der Waals surface area contributed by atoms with Gasteiger partial charge in [0.25, 0.3) is 0 Å². The van der Waals surface area contributed by atoms with E-state index in [0.29, 0.717) is 5.75 Å². The zero-order valence-electron chi connectivity index (χ0n) is 12.6. The Morgan fingerprint density at radius 1 is 1.33 bits per heavy atom. The minimum absolute atomic E-state index is 0.0398. The van der Waals surface area contributed by atoms with E-state index in [-0.39, 0.29) is 11.9 Å². The van der Waals surface area contributed by atoms with Gasteiger partial charge in [-0.3, -0.25) is 0 Å². The van der Waals surface area contributed by atoms with Gasteiger partial charge in [0, 0.05) is 22.5 Å². The molecule has 1 atom stereocenters. The average molecular weight is 307 g/mol. The van der Waals surface area contributed by atoms with E-state index in [2.05, 4.69) is 29.8 Å². The number of ether oxygens (including phenoxy) is 1. The molecule has 0 aliphatic rings. The van der Waals surface area contributed by atoms with Crippen LogP contribution in [0.25, 0.3) is 0 Å². The first-order chi connectivity index (χ1) is 10.2. The molecule has 0 saturated carbocycles.